The molecule has 0 spiro atoms. The summed E-state index contributed by atoms with van der Waals surface area (Å²) in [4.78, 5) is 38.0. The molecule has 5 N–H and O–H groups in total. The molecule has 8 nitrogen and oxygen atoms in total. The maximum absolute atomic E-state index is 13.0. The van der Waals surface area contributed by atoms with E-state index < -0.39 is 17.5 Å². The summed E-state index contributed by atoms with van der Waals surface area (Å²) in [6.07, 6.45) is 2.68. The Labute approximate surface area is 210 Å². The second-order valence-electron chi connectivity index (χ2n) is 9.31. The number of urea groups is 1. The van der Waals surface area contributed by atoms with Gasteiger partial charge in [0, 0.05) is 18.7 Å². The van der Waals surface area contributed by atoms with E-state index in [1.165, 1.54) is 0 Å². The Kier molecular flexibility index (Phi) is 7.85. The number of amides is 4. The molecule has 0 unspecified atom stereocenters. The van der Waals surface area contributed by atoms with Gasteiger partial charge in [0.25, 0.3) is 0 Å². The van der Waals surface area contributed by atoms with Crippen molar-refractivity contribution in [1.29, 1.82) is 0 Å². The van der Waals surface area contributed by atoms with E-state index in [-0.39, 0.29) is 12.3 Å². The maximum atomic E-state index is 13.0. The Hall–Kier alpha value is -3.91. The van der Waals surface area contributed by atoms with Gasteiger partial charge < -0.3 is 21.1 Å². The standard InChI is InChI=1S/C28H32N4O4/c29-27(35)31-25(33)18-23-16-21-10-4-5-11-22(21)17-24(23)36-15-7-6-13-32-14-12-28(30,26(32)34)19-20-8-2-1-3-9-20/h1-5,8-11,16-17H,6-7,12-15,18-19,30H2,(H3,29,31,33,35)/t28-/m0/s1. The van der Waals surface area contributed by atoms with Crippen LogP contribution in [0.2, 0.25) is 0 Å². The second kappa shape index (κ2) is 11.2. The number of unbranched alkanes of at least 4 members (excludes halogenated alkanes) is 1. The third-order valence-electron chi connectivity index (χ3n) is 6.53. The van der Waals surface area contributed by atoms with Crippen molar-refractivity contribution >= 4 is 28.6 Å². The maximum Gasteiger partial charge on any atom is 0.318 e. The van der Waals surface area contributed by atoms with E-state index in [1.807, 2.05) is 71.6 Å². The molecule has 1 saturated heterocycles. The van der Waals surface area contributed by atoms with Gasteiger partial charge >= 0.3 is 6.03 Å². The SMILES string of the molecule is NC(=O)NC(=O)Cc1cc2ccccc2cc1OCCCCN1CC[C@](N)(Cc2ccccc2)C1=O. The molecule has 0 saturated carbocycles. The molecule has 1 fully saturated rings. The lowest BCUT2D eigenvalue weighted by Crippen LogP contribution is -2.49. The minimum Gasteiger partial charge on any atom is -0.493 e. The fraction of sp³-hybridized carbons (Fsp3) is 0.321. The molecule has 188 valence electrons. The summed E-state index contributed by atoms with van der Waals surface area (Å²) in [6, 6.07) is 20.6. The minimum absolute atomic E-state index is 0.00421. The van der Waals surface area contributed by atoms with Crippen molar-refractivity contribution in [3.8, 4) is 5.75 Å². The van der Waals surface area contributed by atoms with E-state index in [0.29, 0.717) is 43.9 Å². The number of carbonyl (C=O) groups is 3. The van der Waals surface area contributed by atoms with Crippen LogP contribution >= 0.6 is 0 Å². The monoisotopic (exact) mass is 488 g/mol. The average molecular weight is 489 g/mol. The predicted octanol–water partition coefficient (Wildman–Crippen LogP) is 2.91. The van der Waals surface area contributed by atoms with Crippen molar-refractivity contribution in [3.63, 3.8) is 0 Å². The molecule has 0 bridgehead atoms. The number of nitrogens with two attached hydrogens (primary N) is 2. The summed E-state index contributed by atoms with van der Waals surface area (Å²) < 4.78 is 6.04. The summed E-state index contributed by atoms with van der Waals surface area (Å²) in [5, 5.41) is 4.06. The van der Waals surface area contributed by atoms with Gasteiger partial charge in [0.05, 0.1) is 13.0 Å². The lowest BCUT2D eigenvalue weighted by Gasteiger charge is -2.23. The number of fused-ring (bicyclic) bond motifs is 1. The molecular formula is C28H32N4O4. The predicted molar refractivity (Wildman–Crippen MR) is 138 cm³/mol. The van der Waals surface area contributed by atoms with Gasteiger partial charge in [-0.3, -0.25) is 14.9 Å². The molecule has 0 aliphatic carbocycles. The third kappa shape index (κ3) is 6.20. The van der Waals surface area contributed by atoms with Crippen LogP contribution in [0.15, 0.2) is 66.7 Å². The highest BCUT2D eigenvalue weighted by Crippen LogP contribution is 2.28. The van der Waals surface area contributed by atoms with Crippen LogP contribution < -0.4 is 21.5 Å². The number of hydrogen-bond acceptors (Lipinski definition) is 5. The number of imide groups is 1. The Morgan fingerprint density at radius 2 is 1.69 bits per heavy atom. The van der Waals surface area contributed by atoms with E-state index in [1.54, 1.807) is 0 Å². The second-order valence-corrected chi connectivity index (χ2v) is 9.31. The molecule has 1 heterocycles. The van der Waals surface area contributed by atoms with Crippen LogP contribution in [0.5, 0.6) is 5.75 Å². The van der Waals surface area contributed by atoms with E-state index in [0.717, 1.165) is 29.2 Å². The average Bonchev–Trinajstić information content (AvgIpc) is 3.12. The Bertz CT molecular complexity index is 1250. The highest BCUT2D eigenvalue weighted by molar-refractivity contribution is 5.95. The van der Waals surface area contributed by atoms with Gasteiger partial charge in [-0.2, -0.15) is 0 Å². The summed E-state index contributed by atoms with van der Waals surface area (Å²) in [6.45, 7) is 1.72. The van der Waals surface area contributed by atoms with Gasteiger partial charge in [-0.15, -0.1) is 0 Å². The van der Waals surface area contributed by atoms with Crippen LogP contribution in [-0.4, -0.2) is 48.0 Å². The van der Waals surface area contributed by atoms with Crippen molar-refractivity contribution in [2.24, 2.45) is 11.5 Å². The van der Waals surface area contributed by atoms with Gasteiger partial charge in [-0.05, 0) is 54.2 Å². The fourth-order valence-electron chi connectivity index (χ4n) is 4.68. The number of likely N-dealkylation sites (tertiary alicyclic amines) is 1. The van der Waals surface area contributed by atoms with E-state index in [9.17, 15) is 14.4 Å². The van der Waals surface area contributed by atoms with E-state index >= 15 is 0 Å². The van der Waals surface area contributed by atoms with Gasteiger partial charge in [-0.25, -0.2) is 4.79 Å². The van der Waals surface area contributed by atoms with Crippen molar-refractivity contribution in [2.45, 2.75) is 37.6 Å². The van der Waals surface area contributed by atoms with Crippen molar-refractivity contribution < 1.29 is 19.1 Å². The van der Waals surface area contributed by atoms with Gasteiger partial charge in [0.2, 0.25) is 11.8 Å². The fourth-order valence-corrected chi connectivity index (χ4v) is 4.68. The Morgan fingerprint density at radius 1 is 1.00 bits per heavy atom. The molecular weight excluding hydrogens is 456 g/mol. The number of ether oxygens (including phenoxy) is 1. The highest BCUT2D eigenvalue weighted by Gasteiger charge is 2.42. The molecule has 36 heavy (non-hydrogen) atoms. The van der Waals surface area contributed by atoms with Crippen LogP contribution in [0.3, 0.4) is 0 Å². The molecule has 1 aliphatic heterocycles. The molecule has 1 aliphatic rings. The largest absolute Gasteiger partial charge is 0.493 e. The number of nitrogens with zero attached hydrogens (tertiary/aromatic N) is 1. The first kappa shape index (κ1) is 25.2. The molecule has 0 radical (unpaired) electrons. The van der Waals surface area contributed by atoms with Crippen molar-refractivity contribution in [1.82, 2.24) is 10.2 Å². The lowest BCUT2D eigenvalue weighted by atomic mass is 9.90. The quantitative estimate of drug-likeness (QED) is 0.378. The number of hydrogen-bond donors (Lipinski definition) is 3. The molecule has 4 amide bonds. The zero-order valence-corrected chi connectivity index (χ0v) is 20.2. The van der Waals surface area contributed by atoms with Crippen molar-refractivity contribution in [2.75, 3.05) is 19.7 Å². The third-order valence-corrected chi connectivity index (χ3v) is 6.53. The highest BCUT2D eigenvalue weighted by atomic mass is 16.5. The first-order chi connectivity index (χ1) is 17.3. The summed E-state index contributed by atoms with van der Waals surface area (Å²) in [5.74, 6) is 0.106. The van der Waals surface area contributed by atoms with Crippen LogP contribution in [0.25, 0.3) is 10.8 Å². The minimum atomic E-state index is -0.884. The van der Waals surface area contributed by atoms with Crippen LogP contribution in [0.4, 0.5) is 4.79 Å². The number of carbonyl (C=O) groups excluding carboxylic acids is 3. The summed E-state index contributed by atoms with van der Waals surface area (Å²) in [7, 11) is 0. The number of benzene rings is 3. The lowest BCUT2D eigenvalue weighted by molar-refractivity contribution is -0.132. The Balaban J connectivity index is 1.31. The molecule has 3 aromatic rings. The van der Waals surface area contributed by atoms with Crippen molar-refractivity contribution in [3.05, 3.63) is 77.9 Å². The normalized spacial score (nSPS) is 17.4. The summed E-state index contributed by atoms with van der Waals surface area (Å²) in [5.41, 5.74) is 12.5. The molecule has 8 heteroatoms. The number of nitrogens with one attached hydrogen (secondary N) is 1. The van der Waals surface area contributed by atoms with Gasteiger partial charge in [0.15, 0.2) is 0 Å². The molecule has 3 aromatic carbocycles. The molecule has 4 rings (SSSR count). The van der Waals surface area contributed by atoms with E-state index in [4.69, 9.17) is 16.2 Å². The van der Waals surface area contributed by atoms with Crippen LogP contribution in [0, 0.1) is 0 Å². The number of primary amides is 1. The van der Waals surface area contributed by atoms with Crippen LogP contribution in [-0.2, 0) is 22.4 Å². The smallest absolute Gasteiger partial charge is 0.318 e. The first-order valence-electron chi connectivity index (χ1n) is 12.2. The summed E-state index contributed by atoms with van der Waals surface area (Å²) >= 11 is 0. The number of rotatable bonds is 10. The Morgan fingerprint density at radius 3 is 2.42 bits per heavy atom. The molecule has 0 aromatic heterocycles. The molecule has 1 atom stereocenters. The zero-order chi connectivity index (χ0) is 25.5. The zero-order valence-electron chi connectivity index (χ0n) is 20.2. The van der Waals surface area contributed by atoms with E-state index in [2.05, 4.69) is 5.32 Å². The van der Waals surface area contributed by atoms with Gasteiger partial charge in [-0.1, -0.05) is 54.6 Å². The van der Waals surface area contributed by atoms with Gasteiger partial charge in [0.1, 0.15) is 11.3 Å². The topological polar surface area (TPSA) is 128 Å². The van der Waals surface area contributed by atoms with Crippen LogP contribution in [0.1, 0.15) is 30.4 Å². The first-order valence-corrected chi connectivity index (χ1v) is 12.2.